The van der Waals surface area contributed by atoms with Gasteiger partial charge in [-0.05, 0) is 58.5 Å². The van der Waals surface area contributed by atoms with E-state index in [4.69, 9.17) is 14.2 Å². The molecule has 0 aliphatic rings. The molecule has 0 unspecified atom stereocenters. The predicted octanol–water partition coefficient (Wildman–Crippen LogP) is 5.83. The Kier molecular flexibility index (Phi) is 7.98. The second-order valence-corrected chi connectivity index (χ2v) is 7.54. The second-order valence-electron chi connectivity index (χ2n) is 7.54. The molecule has 6 heteroatoms. The normalized spacial score (nSPS) is 11.3. The van der Waals surface area contributed by atoms with Gasteiger partial charge in [0.15, 0.2) is 11.5 Å². The van der Waals surface area contributed by atoms with Crippen LogP contribution in [-0.4, -0.2) is 17.9 Å². The minimum atomic E-state index is -0.523. The minimum absolute atomic E-state index is 0.159. The van der Waals surface area contributed by atoms with E-state index >= 15 is 0 Å². The van der Waals surface area contributed by atoms with Crippen molar-refractivity contribution in [2.24, 2.45) is 0 Å². The molecule has 0 spiro atoms. The summed E-state index contributed by atoms with van der Waals surface area (Å²) in [6, 6.07) is 22.3. The molecule has 0 N–H and O–H groups in total. The van der Waals surface area contributed by atoms with Crippen LogP contribution in [0.3, 0.4) is 0 Å². The lowest BCUT2D eigenvalue weighted by atomic mass is 9.88. The highest BCUT2D eigenvalue weighted by atomic mass is 16.6. The van der Waals surface area contributed by atoms with Crippen LogP contribution in [-0.2, 0) is 14.4 Å². The van der Waals surface area contributed by atoms with Gasteiger partial charge in [-0.15, -0.1) is 0 Å². The number of hydrogen-bond acceptors (Lipinski definition) is 6. The molecular weight excluding hydrogens is 432 g/mol. The number of rotatable bonds is 7. The predicted molar refractivity (Wildman–Crippen MR) is 129 cm³/mol. The van der Waals surface area contributed by atoms with Gasteiger partial charge in [-0.2, -0.15) is 0 Å². The molecule has 0 saturated carbocycles. The standard InChI is InChI=1S/C28H26O6/c1-5-25(22-14-15-26(33-19(3)30)27(17-22)34-20(4)31)28(21-10-7-6-8-11-21)23-12-9-13-24(16-23)32-18(2)29/h6-17H,5H2,1-4H3/b28-25-. The zero-order chi connectivity index (χ0) is 24.7. The lowest BCUT2D eigenvalue weighted by Gasteiger charge is -2.18. The zero-order valence-electron chi connectivity index (χ0n) is 19.6. The summed E-state index contributed by atoms with van der Waals surface area (Å²) in [4.78, 5) is 34.7. The van der Waals surface area contributed by atoms with Crippen LogP contribution in [0.4, 0.5) is 0 Å². The molecule has 3 aromatic carbocycles. The highest BCUT2D eigenvalue weighted by Gasteiger charge is 2.17. The molecule has 0 aliphatic heterocycles. The smallest absolute Gasteiger partial charge is 0.308 e. The van der Waals surface area contributed by atoms with E-state index in [1.807, 2.05) is 61.5 Å². The molecule has 0 fully saturated rings. The molecule has 0 aliphatic carbocycles. The van der Waals surface area contributed by atoms with Crippen LogP contribution in [0.1, 0.15) is 50.8 Å². The summed E-state index contributed by atoms with van der Waals surface area (Å²) in [7, 11) is 0. The highest BCUT2D eigenvalue weighted by Crippen LogP contribution is 2.38. The average Bonchev–Trinajstić information content (AvgIpc) is 2.78. The highest BCUT2D eigenvalue weighted by molar-refractivity contribution is 5.99. The number of ether oxygens (including phenoxy) is 3. The van der Waals surface area contributed by atoms with Gasteiger partial charge < -0.3 is 14.2 Å². The van der Waals surface area contributed by atoms with Gasteiger partial charge in [-0.3, -0.25) is 14.4 Å². The molecule has 0 bridgehead atoms. The fourth-order valence-corrected chi connectivity index (χ4v) is 3.70. The first kappa shape index (κ1) is 24.5. The third kappa shape index (κ3) is 6.19. The molecule has 0 atom stereocenters. The maximum atomic E-state index is 11.7. The molecule has 0 saturated heterocycles. The van der Waals surface area contributed by atoms with Crippen molar-refractivity contribution in [1.82, 2.24) is 0 Å². The van der Waals surface area contributed by atoms with Gasteiger partial charge in [-0.1, -0.05) is 55.5 Å². The van der Waals surface area contributed by atoms with Crippen LogP contribution in [0, 0.1) is 0 Å². The summed E-state index contributed by atoms with van der Waals surface area (Å²) in [5, 5.41) is 0. The van der Waals surface area contributed by atoms with Crippen LogP contribution >= 0.6 is 0 Å². The number of hydrogen-bond donors (Lipinski definition) is 0. The number of carbonyl (C=O) groups excluding carboxylic acids is 3. The van der Waals surface area contributed by atoms with Crippen LogP contribution in [0.15, 0.2) is 72.8 Å². The average molecular weight is 459 g/mol. The van der Waals surface area contributed by atoms with Crippen LogP contribution in [0.5, 0.6) is 17.2 Å². The fraction of sp³-hybridized carbons (Fsp3) is 0.179. The van der Waals surface area contributed by atoms with Gasteiger partial charge in [0.25, 0.3) is 0 Å². The van der Waals surface area contributed by atoms with E-state index in [9.17, 15) is 14.4 Å². The molecule has 34 heavy (non-hydrogen) atoms. The van der Waals surface area contributed by atoms with E-state index in [0.29, 0.717) is 12.2 Å². The Hall–Kier alpha value is -4.19. The Balaban J connectivity index is 2.25. The summed E-state index contributed by atoms with van der Waals surface area (Å²) in [5.41, 5.74) is 4.53. The van der Waals surface area contributed by atoms with Gasteiger partial charge in [0, 0.05) is 20.8 Å². The number of benzene rings is 3. The fourth-order valence-electron chi connectivity index (χ4n) is 3.70. The van der Waals surface area contributed by atoms with Gasteiger partial charge in [0.05, 0.1) is 0 Å². The minimum Gasteiger partial charge on any atom is -0.427 e. The van der Waals surface area contributed by atoms with Gasteiger partial charge in [-0.25, -0.2) is 0 Å². The van der Waals surface area contributed by atoms with Crippen molar-refractivity contribution in [2.75, 3.05) is 0 Å². The summed E-state index contributed by atoms with van der Waals surface area (Å²) in [6.45, 7) is 5.96. The Bertz CT molecular complexity index is 1240. The first-order chi connectivity index (χ1) is 16.3. The third-order valence-corrected chi connectivity index (χ3v) is 4.90. The Morgan fingerprint density at radius 1 is 0.618 bits per heavy atom. The number of esters is 3. The summed E-state index contributed by atoms with van der Waals surface area (Å²) < 4.78 is 15.9. The second kappa shape index (κ2) is 11.1. The SMILES string of the molecule is CC/C(=C(\c1ccccc1)c1cccc(OC(C)=O)c1)c1ccc(OC(C)=O)c(OC(C)=O)c1. The molecule has 0 aromatic heterocycles. The van der Waals surface area contributed by atoms with Gasteiger partial charge >= 0.3 is 17.9 Å². The van der Waals surface area contributed by atoms with Gasteiger partial charge in [0.2, 0.25) is 0 Å². The summed E-state index contributed by atoms with van der Waals surface area (Å²) in [5.74, 6) is -0.665. The molecule has 0 radical (unpaired) electrons. The first-order valence-corrected chi connectivity index (χ1v) is 10.9. The Labute approximate surface area is 198 Å². The van der Waals surface area contributed by atoms with Crippen molar-refractivity contribution in [1.29, 1.82) is 0 Å². The van der Waals surface area contributed by atoms with Crippen molar-refractivity contribution in [3.05, 3.63) is 89.5 Å². The first-order valence-electron chi connectivity index (χ1n) is 10.9. The number of carbonyl (C=O) groups is 3. The van der Waals surface area contributed by atoms with Gasteiger partial charge in [0.1, 0.15) is 5.75 Å². The Morgan fingerprint density at radius 3 is 1.85 bits per heavy atom. The third-order valence-electron chi connectivity index (χ3n) is 4.90. The quantitative estimate of drug-likeness (QED) is 0.252. The zero-order valence-corrected chi connectivity index (χ0v) is 19.6. The lowest BCUT2D eigenvalue weighted by Crippen LogP contribution is -2.07. The van der Waals surface area contributed by atoms with Crippen molar-refractivity contribution in [3.63, 3.8) is 0 Å². The van der Waals surface area contributed by atoms with Crippen molar-refractivity contribution < 1.29 is 28.6 Å². The van der Waals surface area contributed by atoms with Crippen molar-refractivity contribution >= 4 is 29.1 Å². The molecule has 0 amide bonds. The van der Waals surface area contributed by atoms with Crippen molar-refractivity contribution in [2.45, 2.75) is 34.1 Å². The summed E-state index contributed by atoms with van der Waals surface area (Å²) >= 11 is 0. The van der Waals surface area contributed by atoms with E-state index < -0.39 is 17.9 Å². The molecule has 3 rings (SSSR count). The van der Waals surface area contributed by atoms with E-state index in [0.717, 1.165) is 27.8 Å². The maximum Gasteiger partial charge on any atom is 0.308 e. The largest absolute Gasteiger partial charge is 0.427 e. The maximum absolute atomic E-state index is 11.7. The lowest BCUT2D eigenvalue weighted by molar-refractivity contribution is -0.134. The Morgan fingerprint density at radius 2 is 1.24 bits per heavy atom. The van der Waals surface area contributed by atoms with Crippen molar-refractivity contribution in [3.8, 4) is 17.2 Å². The molecule has 0 heterocycles. The summed E-state index contributed by atoms with van der Waals surface area (Å²) in [6.07, 6.45) is 0.647. The molecule has 3 aromatic rings. The van der Waals surface area contributed by atoms with E-state index in [2.05, 4.69) is 0 Å². The van der Waals surface area contributed by atoms with E-state index in [1.165, 1.54) is 20.8 Å². The number of allylic oxidation sites excluding steroid dienone is 1. The van der Waals surface area contributed by atoms with E-state index in [1.54, 1.807) is 18.2 Å². The van der Waals surface area contributed by atoms with Crippen LogP contribution < -0.4 is 14.2 Å². The molecular formula is C28H26O6. The molecule has 6 nitrogen and oxygen atoms in total. The molecule has 174 valence electrons. The topological polar surface area (TPSA) is 78.9 Å². The van der Waals surface area contributed by atoms with Crippen LogP contribution in [0.2, 0.25) is 0 Å². The van der Waals surface area contributed by atoms with E-state index in [-0.39, 0.29) is 11.5 Å². The van der Waals surface area contributed by atoms with Crippen LogP contribution in [0.25, 0.3) is 11.1 Å². The monoisotopic (exact) mass is 458 g/mol.